The number of fused-ring (bicyclic) bond motifs is 1. The molecule has 0 aliphatic rings. The van der Waals surface area contributed by atoms with Crippen molar-refractivity contribution in [3.05, 3.63) is 63.4 Å². The van der Waals surface area contributed by atoms with Crippen molar-refractivity contribution in [2.45, 2.75) is 13.5 Å². The minimum Gasteiger partial charge on any atom is -0.462 e. The van der Waals surface area contributed by atoms with E-state index in [4.69, 9.17) is 4.74 Å². The number of carbonyl (C=O) groups is 1. The zero-order chi connectivity index (χ0) is 15.5. The molecule has 0 radical (unpaired) electrons. The molecule has 1 heterocycles. The van der Waals surface area contributed by atoms with Crippen molar-refractivity contribution in [3.63, 3.8) is 0 Å². The van der Waals surface area contributed by atoms with Gasteiger partial charge in [0.2, 0.25) is 0 Å². The van der Waals surface area contributed by atoms with E-state index in [1.807, 2.05) is 41.9 Å². The lowest BCUT2D eigenvalue weighted by Gasteiger charge is -2.05. The lowest BCUT2D eigenvalue weighted by Crippen LogP contribution is -2.05. The van der Waals surface area contributed by atoms with Gasteiger partial charge >= 0.3 is 5.97 Å². The first-order chi connectivity index (χ1) is 10.7. The zero-order valence-corrected chi connectivity index (χ0v) is 14.3. The summed E-state index contributed by atoms with van der Waals surface area (Å²) in [4.78, 5) is 12.1. The maximum Gasteiger partial charge on any atom is 0.338 e. The second kappa shape index (κ2) is 6.48. The number of nitrogens with zero attached hydrogens (tertiary/aromatic N) is 2. The van der Waals surface area contributed by atoms with Crippen molar-refractivity contribution in [3.8, 4) is 0 Å². The first-order valence-corrected chi connectivity index (χ1v) is 8.14. The van der Waals surface area contributed by atoms with Crippen molar-refractivity contribution in [1.82, 2.24) is 9.78 Å². The molecule has 3 rings (SSSR count). The molecule has 22 heavy (non-hydrogen) atoms. The number of rotatable bonds is 4. The first kappa shape index (κ1) is 15.0. The van der Waals surface area contributed by atoms with Crippen LogP contribution < -0.4 is 0 Å². The third-order valence-corrected chi connectivity index (χ3v) is 4.16. The van der Waals surface area contributed by atoms with Crippen LogP contribution in [-0.2, 0) is 11.3 Å². The summed E-state index contributed by atoms with van der Waals surface area (Å²) < 4.78 is 7.88. The summed E-state index contributed by atoms with van der Waals surface area (Å²) in [6.07, 6.45) is 0. The molecule has 5 heteroatoms. The SMILES string of the molecule is CCOC(=O)c1cccc2c1c(I)nn2Cc1ccccc1. The van der Waals surface area contributed by atoms with E-state index in [0.717, 1.165) is 14.6 Å². The predicted octanol–water partition coefficient (Wildman–Crippen LogP) is 3.87. The number of benzene rings is 2. The van der Waals surface area contributed by atoms with E-state index in [2.05, 4.69) is 39.8 Å². The monoisotopic (exact) mass is 406 g/mol. The molecule has 0 aliphatic heterocycles. The third kappa shape index (κ3) is 2.85. The minimum atomic E-state index is -0.301. The van der Waals surface area contributed by atoms with E-state index in [9.17, 15) is 4.79 Å². The summed E-state index contributed by atoms with van der Waals surface area (Å²) >= 11 is 2.17. The maximum atomic E-state index is 12.1. The summed E-state index contributed by atoms with van der Waals surface area (Å²) in [6.45, 7) is 2.85. The quantitative estimate of drug-likeness (QED) is 0.488. The van der Waals surface area contributed by atoms with Gasteiger partial charge in [-0.15, -0.1) is 0 Å². The number of hydrogen-bond donors (Lipinski definition) is 0. The number of hydrogen-bond acceptors (Lipinski definition) is 3. The highest BCUT2D eigenvalue weighted by molar-refractivity contribution is 14.1. The van der Waals surface area contributed by atoms with Gasteiger partial charge in [0, 0.05) is 5.39 Å². The Kier molecular flexibility index (Phi) is 4.42. The van der Waals surface area contributed by atoms with Gasteiger partial charge in [-0.3, -0.25) is 4.68 Å². The van der Waals surface area contributed by atoms with Gasteiger partial charge in [-0.05, 0) is 47.2 Å². The molecular weight excluding hydrogens is 391 g/mol. The predicted molar refractivity (Wildman–Crippen MR) is 94.0 cm³/mol. The summed E-state index contributed by atoms with van der Waals surface area (Å²) in [5, 5.41) is 5.44. The van der Waals surface area contributed by atoms with Gasteiger partial charge < -0.3 is 4.74 Å². The Morgan fingerprint density at radius 2 is 1.95 bits per heavy atom. The lowest BCUT2D eigenvalue weighted by molar-refractivity contribution is 0.0528. The Labute approximate surface area is 142 Å². The minimum absolute atomic E-state index is 0.301. The van der Waals surface area contributed by atoms with Gasteiger partial charge in [0.1, 0.15) is 3.70 Å². The van der Waals surface area contributed by atoms with Crippen molar-refractivity contribution in [2.24, 2.45) is 0 Å². The Balaban J connectivity index is 2.07. The van der Waals surface area contributed by atoms with E-state index in [1.165, 1.54) is 5.56 Å². The van der Waals surface area contributed by atoms with Gasteiger partial charge in [0.25, 0.3) is 0 Å². The molecule has 4 nitrogen and oxygen atoms in total. The Hall–Kier alpha value is -1.89. The molecule has 0 bridgehead atoms. The molecular formula is C17H15IN2O2. The van der Waals surface area contributed by atoms with E-state index in [1.54, 1.807) is 6.07 Å². The molecule has 0 saturated carbocycles. The molecule has 2 aromatic carbocycles. The van der Waals surface area contributed by atoms with Crippen molar-refractivity contribution < 1.29 is 9.53 Å². The van der Waals surface area contributed by atoms with Crippen LogP contribution in [0.25, 0.3) is 10.9 Å². The fourth-order valence-corrected chi connectivity index (χ4v) is 3.27. The van der Waals surface area contributed by atoms with Crippen molar-refractivity contribution in [1.29, 1.82) is 0 Å². The third-order valence-electron chi connectivity index (χ3n) is 3.41. The number of halogens is 1. The largest absolute Gasteiger partial charge is 0.462 e. The maximum absolute atomic E-state index is 12.1. The summed E-state index contributed by atoms with van der Waals surface area (Å²) in [7, 11) is 0. The topological polar surface area (TPSA) is 44.1 Å². The van der Waals surface area contributed by atoms with Gasteiger partial charge in [0.15, 0.2) is 0 Å². The highest BCUT2D eigenvalue weighted by Crippen LogP contribution is 2.25. The second-order valence-electron chi connectivity index (χ2n) is 4.85. The zero-order valence-electron chi connectivity index (χ0n) is 12.1. The fourth-order valence-electron chi connectivity index (χ4n) is 2.44. The number of aromatic nitrogens is 2. The highest BCUT2D eigenvalue weighted by Gasteiger charge is 2.17. The van der Waals surface area contributed by atoms with Crippen LogP contribution in [0, 0.1) is 3.70 Å². The van der Waals surface area contributed by atoms with Gasteiger partial charge in [0.05, 0.1) is 24.2 Å². The van der Waals surface area contributed by atoms with Crippen LogP contribution in [0.1, 0.15) is 22.8 Å². The molecule has 0 unspecified atom stereocenters. The molecule has 112 valence electrons. The fraction of sp³-hybridized carbons (Fsp3) is 0.176. The van der Waals surface area contributed by atoms with Crippen LogP contribution in [0.3, 0.4) is 0 Å². The van der Waals surface area contributed by atoms with Crippen LogP contribution in [-0.4, -0.2) is 22.4 Å². The summed E-state index contributed by atoms with van der Waals surface area (Å²) in [5.41, 5.74) is 2.69. The van der Waals surface area contributed by atoms with E-state index < -0.39 is 0 Å². The molecule has 3 aromatic rings. The van der Waals surface area contributed by atoms with Gasteiger partial charge in [-0.25, -0.2) is 4.79 Å². The molecule has 0 N–H and O–H groups in total. The lowest BCUT2D eigenvalue weighted by atomic mass is 10.1. The Morgan fingerprint density at radius 3 is 2.68 bits per heavy atom. The smallest absolute Gasteiger partial charge is 0.338 e. The second-order valence-corrected chi connectivity index (χ2v) is 5.88. The van der Waals surface area contributed by atoms with E-state index >= 15 is 0 Å². The standard InChI is InChI=1S/C17H15IN2O2/c1-2-22-17(21)13-9-6-10-14-15(13)16(18)19-20(14)11-12-7-4-3-5-8-12/h3-10H,2,11H2,1H3. The van der Waals surface area contributed by atoms with Crippen molar-refractivity contribution >= 4 is 39.5 Å². The molecule has 0 saturated heterocycles. The van der Waals surface area contributed by atoms with Crippen LogP contribution in [0.2, 0.25) is 0 Å². The van der Waals surface area contributed by atoms with Gasteiger partial charge in [-0.2, -0.15) is 5.10 Å². The molecule has 0 atom stereocenters. The molecule has 0 aliphatic carbocycles. The summed E-state index contributed by atoms with van der Waals surface area (Å²) in [6, 6.07) is 15.8. The molecule has 1 aromatic heterocycles. The number of esters is 1. The van der Waals surface area contributed by atoms with Crippen LogP contribution in [0.5, 0.6) is 0 Å². The van der Waals surface area contributed by atoms with Crippen LogP contribution >= 0.6 is 22.6 Å². The molecule has 0 fully saturated rings. The average Bonchev–Trinajstić information content (AvgIpc) is 2.85. The highest BCUT2D eigenvalue weighted by atomic mass is 127. The van der Waals surface area contributed by atoms with Gasteiger partial charge in [-0.1, -0.05) is 36.4 Å². The first-order valence-electron chi connectivity index (χ1n) is 7.06. The van der Waals surface area contributed by atoms with E-state index in [-0.39, 0.29) is 5.97 Å². The Bertz CT molecular complexity index is 812. The Morgan fingerprint density at radius 1 is 1.18 bits per heavy atom. The molecule has 0 amide bonds. The van der Waals surface area contributed by atoms with E-state index in [0.29, 0.717) is 18.7 Å². The number of carbonyl (C=O) groups excluding carboxylic acids is 1. The average molecular weight is 406 g/mol. The van der Waals surface area contributed by atoms with Crippen LogP contribution in [0.15, 0.2) is 48.5 Å². The van der Waals surface area contributed by atoms with Crippen molar-refractivity contribution in [2.75, 3.05) is 6.61 Å². The summed E-state index contributed by atoms with van der Waals surface area (Å²) in [5.74, 6) is -0.301. The van der Waals surface area contributed by atoms with Crippen LogP contribution in [0.4, 0.5) is 0 Å². The normalized spacial score (nSPS) is 10.8. The molecule has 0 spiro atoms. The number of ether oxygens (including phenoxy) is 1.